The number of nitrogens with one attached hydrogen (secondary N) is 1. The first-order valence-corrected chi connectivity index (χ1v) is 12.1. The second-order valence-corrected chi connectivity index (χ2v) is 9.63. The lowest BCUT2D eigenvalue weighted by atomic mass is 9.75. The van der Waals surface area contributed by atoms with Gasteiger partial charge in [0, 0.05) is 28.9 Å². The topological polar surface area (TPSA) is 35.1 Å². The first kappa shape index (κ1) is 18.7. The van der Waals surface area contributed by atoms with Crippen molar-refractivity contribution in [3.63, 3.8) is 0 Å². The molecule has 4 aromatic carbocycles. The monoisotopic (exact) mass is 421 g/mol. The summed E-state index contributed by atoms with van der Waals surface area (Å²) in [5.74, 6) is 0.300. The molecule has 1 N–H and O–H groups in total. The molecule has 0 radical (unpaired) electrons. The number of rotatable bonds is 2. The average Bonchev–Trinajstić information content (AvgIpc) is 2.83. The van der Waals surface area contributed by atoms with Crippen LogP contribution in [0.3, 0.4) is 0 Å². The molecule has 31 heavy (non-hydrogen) atoms. The summed E-state index contributed by atoms with van der Waals surface area (Å²) in [6.07, 6.45) is 7.03. The van der Waals surface area contributed by atoms with Crippen molar-refractivity contribution in [2.75, 3.05) is 0 Å². The molecule has 152 valence electrons. The Kier molecular flexibility index (Phi) is 4.59. The van der Waals surface area contributed by atoms with Crippen LogP contribution in [-0.4, -0.2) is 4.55 Å². The molecule has 1 aliphatic heterocycles. The summed E-state index contributed by atoms with van der Waals surface area (Å²) in [4.78, 5) is 0.857. The molecule has 2 aliphatic rings. The average molecular weight is 422 g/mol. The summed E-state index contributed by atoms with van der Waals surface area (Å²) >= 11 is -1.13. The predicted octanol–water partition coefficient (Wildman–Crippen LogP) is 6.58. The lowest BCUT2D eigenvalue weighted by molar-refractivity contribution is 0.610. The van der Waals surface area contributed by atoms with E-state index >= 15 is 0 Å². The summed E-state index contributed by atoms with van der Waals surface area (Å²) in [5.41, 5.74) is 5.27. The van der Waals surface area contributed by atoms with E-state index in [1.165, 1.54) is 44.7 Å². The van der Waals surface area contributed by atoms with Crippen molar-refractivity contribution in [1.29, 1.82) is 0 Å². The second-order valence-electron chi connectivity index (χ2n) is 8.33. The Morgan fingerprint density at radius 3 is 2.61 bits per heavy atom. The van der Waals surface area contributed by atoms with Crippen LogP contribution in [0, 0.1) is 0 Å². The number of aryl methyl sites for hydroxylation is 1. The zero-order valence-corrected chi connectivity index (χ0v) is 18.0. The zero-order valence-electron chi connectivity index (χ0n) is 17.2. The van der Waals surface area contributed by atoms with Crippen LogP contribution in [0.15, 0.2) is 90.6 Å². The van der Waals surface area contributed by atoms with Gasteiger partial charge in [0.05, 0.1) is 6.20 Å². The van der Waals surface area contributed by atoms with Gasteiger partial charge in [-0.3, -0.25) is 0 Å². The van der Waals surface area contributed by atoms with Gasteiger partial charge in [-0.15, -0.1) is 0 Å². The highest BCUT2D eigenvalue weighted by Crippen LogP contribution is 2.44. The number of hydrogen-bond donors (Lipinski definition) is 1. The SMILES string of the molecule is [O-][S+]1C=CNC=C1c1ccccc1C1CCCc2ccc3c(ccc4ccccc43)c21. The quantitative estimate of drug-likeness (QED) is 0.293. The molecular weight excluding hydrogens is 398 g/mol. The molecule has 6 rings (SSSR count). The Labute approximate surface area is 185 Å². The van der Waals surface area contributed by atoms with E-state index in [0.717, 1.165) is 23.3 Å². The number of benzene rings is 4. The van der Waals surface area contributed by atoms with Crippen molar-refractivity contribution in [2.45, 2.75) is 25.2 Å². The molecule has 0 saturated heterocycles. The summed E-state index contributed by atoms with van der Waals surface area (Å²) < 4.78 is 12.8. The molecule has 1 aliphatic carbocycles. The van der Waals surface area contributed by atoms with Gasteiger partial charge in [0.25, 0.3) is 0 Å². The van der Waals surface area contributed by atoms with Crippen molar-refractivity contribution in [1.82, 2.24) is 5.32 Å². The van der Waals surface area contributed by atoms with Crippen molar-refractivity contribution >= 4 is 37.6 Å². The Hall–Kier alpha value is -3.01. The fourth-order valence-corrected chi connectivity index (χ4v) is 6.24. The van der Waals surface area contributed by atoms with Crippen LogP contribution in [0.2, 0.25) is 0 Å². The van der Waals surface area contributed by atoms with E-state index in [1.807, 2.05) is 6.20 Å². The summed E-state index contributed by atoms with van der Waals surface area (Å²) in [6, 6.07) is 26.3. The first-order chi connectivity index (χ1) is 15.3. The molecule has 0 fully saturated rings. The third-order valence-electron chi connectivity index (χ3n) is 6.67. The largest absolute Gasteiger partial charge is 0.607 e. The molecular formula is C28H23NOS. The maximum atomic E-state index is 12.8. The molecule has 1 heterocycles. The normalized spacial score (nSPS) is 20.4. The highest BCUT2D eigenvalue weighted by molar-refractivity contribution is 8.03. The molecule has 0 saturated carbocycles. The maximum absolute atomic E-state index is 12.8. The van der Waals surface area contributed by atoms with Crippen LogP contribution in [0.5, 0.6) is 0 Å². The van der Waals surface area contributed by atoms with E-state index in [1.54, 1.807) is 11.6 Å². The van der Waals surface area contributed by atoms with Crippen LogP contribution < -0.4 is 5.32 Å². The zero-order chi connectivity index (χ0) is 20.8. The smallest absolute Gasteiger partial charge is 0.181 e. The van der Waals surface area contributed by atoms with Gasteiger partial charge >= 0.3 is 0 Å². The van der Waals surface area contributed by atoms with Gasteiger partial charge in [-0.25, -0.2) is 0 Å². The molecule has 0 aromatic heterocycles. The summed E-state index contributed by atoms with van der Waals surface area (Å²) in [6.45, 7) is 0. The van der Waals surface area contributed by atoms with Crippen molar-refractivity contribution in [3.05, 3.63) is 113 Å². The fraction of sp³-hybridized carbons (Fsp3) is 0.143. The Bertz CT molecular complexity index is 1370. The van der Waals surface area contributed by atoms with Gasteiger partial charge in [-0.05, 0) is 63.6 Å². The second kappa shape index (κ2) is 7.60. The van der Waals surface area contributed by atoms with Gasteiger partial charge in [-0.1, -0.05) is 66.7 Å². The molecule has 2 nitrogen and oxygen atoms in total. The lowest BCUT2D eigenvalue weighted by Gasteiger charge is -2.30. The third-order valence-corrected chi connectivity index (χ3v) is 7.82. The molecule has 4 aromatic rings. The summed E-state index contributed by atoms with van der Waals surface area (Å²) in [5, 5.41) is 10.1. The molecule has 3 heteroatoms. The molecule has 2 unspecified atom stereocenters. The van der Waals surface area contributed by atoms with Crippen LogP contribution in [0.1, 0.15) is 41.0 Å². The Morgan fingerprint density at radius 2 is 1.68 bits per heavy atom. The van der Waals surface area contributed by atoms with Crippen LogP contribution in [-0.2, 0) is 17.6 Å². The lowest BCUT2D eigenvalue weighted by Crippen LogP contribution is -2.16. The molecule has 0 spiro atoms. The van der Waals surface area contributed by atoms with Gasteiger partial charge in [0.15, 0.2) is 4.91 Å². The standard InChI is InChI=1S/C28H23NOS/c30-31-17-16-29-18-27(31)24-10-4-3-9-22(24)25-11-5-7-20-13-14-23-21-8-2-1-6-19(21)12-15-26(23)28(20)25/h1-4,6,8-10,12-18,25,29H,5,7,11H2. The summed E-state index contributed by atoms with van der Waals surface area (Å²) in [7, 11) is 0. The highest BCUT2D eigenvalue weighted by atomic mass is 32.2. The number of hydrogen-bond acceptors (Lipinski definition) is 2. The van der Waals surface area contributed by atoms with E-state index in [9.17, 15) is 4.55 Å². The molecule has 2 atom stereocenters. The van der Waals surface area contributed by atoms with E-state index in [2.05, 4.69) is 78.1 Å². The van der Waals surface area contributed by atoms with Crippen molar-refractivity contribution in [2.24, 2.45) is 0 Å². The van der Waals surface area contributed by atoms with Crippen LogP contribution in [0.25, 0.3) is 26.5 Å². The fourth-order valence-electron chi connectivity index (χ4n) is 5.31. The van der Waals surface area contributed by atoms with E-state index < -0.39 is 11.2 Å². The minimum atomic E-state index is -1.13. The van der Waals surface area contributed by atoms with Crippen molar-refractivity contribution < 1.29 is 4.55 Å². The third kappa shape index (κ3) is 3.08. The van der Waals surface area contributed by atoms with Gasteiger partial charge in [0.2, 0.25) is 0 Å². The van der Waals surface area contributed by atoms with E-state index in [-0.39, 0.29) is 0 Å². The van der Waals surface area contributed by atoms with Crippen molar-refractivity contribution in [3.8, 4) is 0 Å². The molecule has 0 amide bonds. The Balaban J connectivity index is 1.59. The van der Waals surface area contributed by atoms with Gasteiger partial charge < -0.3 is 9.87 Å². The van der Waals surface area contributed by atoms with Crippen LogP contribution >= 0.6 is 0 Å². The maximum Gasteiger partial charge on any atom is 0.181 e. The Morgan fingerprint density at radius 1 is 0.839 bits per heavy atom. The molecule has 0 bridgehead atoms. The predicted molar refractivity (Wildman–Crippen MR) is 131 cm³/mol. The van der Waals surface area contributed by atoms with Crippen LogP contribution in [0.4, 0.5) is 0 Å². The number of fused-ring (bicyclic) bond motifs is 5. The minimum absolute atomic E-state index is 0.300. The minimum Gasteiger partial charge on any atom is -0.607 e. The van der Waals surface area contributed by atoms with E-state index in [4.69, 9.17) is 0 Å². The van der Waals surface area contributed by atoms with Gasteiger partial charge in [0.1, 0.15) is 5.41 Å². The van der Waals surface area contributed by atoms with E-state index in [0.29, 0.717) is 5.92 Å². The highest BCUT2D eigenvalue weighted by Gasteiger charge is 2.29. The first-order valence-electron chi connectivity index (χ1n) is 10.9. The van der Waals surface area contributed by atoms with Gasteiger partial charge in [-0.2, -0.15) is 0 Å².